The Bertz CT molecular complexity index is 1640. The van der Waals surface area contributed by atoms with Crippen molar-refractivity contribution in [2.75, 3.05) is 18.4 Å². The lowest BCUT2D eigenvalue weighted by Gasteiger charge is -2.15. The molecule has 6 heteroatoms. The van der Waals surface area contributed by atoms with Gasteiger partial charge in [-0.3, -0.25) is 4.79 Å². The predicted octanol–water partition coefficient (Wildman–Crippen LogP) is 6.13. The minimum Gasteiger partial charge on any atom is -0.506 e. The summed E-state index contributed by atoms with van der Waals surface area (Å²) in [5.41, 5.74) is 8.98. The van der Waals surface area contributed by atoms with Crippen molar-refractivity contribution >= 4 is 22.3 Å². The highest BCUT2D eigenvalue weighted by atomic mass is 16.3. The van der Waals surface area contributed by atoms with Gasteiger partial charge in [0, 0.05) is 29.4 Å². The molecule has 6 nitrogen and oxygen atoms in total. The first-order valence-corrected chi connectivity index (χ1v) is 13.2. The highest BCUT2D eigenvalue weighted by Crippen LogP contribution is 2.30. The smallest absolute Gasteiger partial charge is 0.248 e. The molecule has 1 heterocycles. The number of phenolic OH excluding ortho intramolecular Hbond substituents is 1. The number of H-pyrrole nitrogens is 1. The Labute approximate surface area is 228 Å². The first kappa shape index (κ1) is 26.2. The molecule has 0 fully saturated rings. The molecule has 5 N–H and O–H groups in total. The van der Waals surface area contributed by atoms with Gasteiger partial charge in [0.2, 0.25) is 5.56 Å². The van der Waals surface area contributed by atoms with E-state index >= 15 is 0 Å². The molecule has 198 valence electrons. The van der Waals surface area contributed by atoms with Crippen molar-refractivity contribution in [3.8, 4) is 16.9 Å². The summed E-state index contributed by atoms with van der Waals surface area (Å²) < 4.78 is 0. The fourth-order valence-electron chi connectivity index (χ4n) is 5.07. The number of aromatic amines is 1. The van der Waals surface area contributed by atoms with E-state index < -0.39 is 6.10 Å². The molecule has 1 atom stereocenters. The Morgan fingerprint density at radius 2 is 1.59 bits per heavy atom. The van der Waals surface area contributed by atoms with Gasteiger partial charge in [0.05, 0.1) is 11.6 Å². The molecule has 0 radical (unpaired) electrons. The average molecular weight is 520 g/mol. The highest BCUT2D eigenvalue weighted by Gasteiger charge is 2.14. The normalized spacial score (nSPS) is 12.0. The highest BCUT2D eigenvalue weighted by molar-refractivity contribution is 5.87. The third-order valence-electron chi connectivity index (χ3n) is 7.07. The summed E-state index contributed by atoms with van der Waals surface area (Å²) in [5, 5.41) is 28.2. The zero-order valence-electron chi connectivity index (χ0n) is 22.2. The maximum Gasteiger partial charge on any atom is 0.248 e. The Morgan fingerprint density at radius 3 is 2.36 bits per heavy atom. The van der Waals surface area contributed by atoms with Crippen molar-refractivity contribution in [1.82, 2.24) is 10.3 Å². The summed E-state index contributed by atoms with van der Waals surface area (Å²) in [6, 6.07) is 29.5. The summed E-state index contributed by atoms with van der Waals surface area (Å²) in [6.45, 7) is 5.36. The van der Waals surface area contributed by atoms with Gasteiger partial charge in [0.1, 0.15) is 5.75 Å². The largest absolute Gasteiger partial charge is 0.506 e. The molecule has 0 aliphatic heterocycles. The van der Waals surface area contributed by atoms with Crippen molar-refractivity contribution in [3.05, 3.63) is 124 Å². The summed E-state index contributed by atoms with van der Waals surface area (Å²) in [7, 11) is 0. The molecule has 0 spiro atoms. The Hall–Kier alpha value is -4.39. The number of aromatic hydroxyl groups is 1. The molecular weight excluding hydrogens is 486 g/mol. The van der Waals surface area contributed by atoms with E-state index in [4.69, 9.17) is 0 Å². The van der Waals surface area contributed by atoms with Crippen LogP contribution in [-0.2, 0) is 6.42 Å². The molecule has 5 rings (SSSR count). The molecular formula is C33H33N3O3. The van der Waals surface area contributed by atoms with Crippen LogP contribution in [0, 0.1) is 13.8 Å². The van der Waals surface area contributed by atoms with Gasteiger partial charge in [-0.15, -0.1) is 0 Å². The number of fused-ring (bicyclic) bond motifs is 1. The summed E-state index contributed by atoms with van der Waals surface area (Å²) in [5.74, 6) is -0.0151. The van der Waals surface area contributed by atoms with Gasteiger partial charge >= 0.3 is 0 Å². The van der Waals surface area contributed by atoms with Crippen LogP contribution in [0.5, 0.6) is 5.75 Å². The van der Waals surface area contributed by atoms with Crippen LogP contribution >= 0.6 is 0 Å². The Balaban J connectivity index is 1.16. The molecule has 0 bridgehead atoms. The first-order chi connectivity index (χ1) is 18.9. The number of benzene rings is 4. The third kappa shape index (κ3) is 6.03. The van der Waals surface area contributed by atoms with Crippen LogP contribution in [0.15, 0.2) is 95.8 Å². The van der Waals surface area contributed by atoms with Crippen molar-refractivity contribution in [2.24, 2.45) is 0 Å². The predicted molar refractivity (Wildman–Crippen MR) is 159 cm³/mol. The minimum atomic E-state index is -0.773. The van der Waals surface area contributed by atoms with Gasteiger partial charge in [-0.1, -0.05) is 48.5 Å². The standard InChI is InChI=1S/C33H33N3O3/c1-21-5-3-6-22(2)32(21)24-7-4-8-26(19-24)35-25-11-9-23(10-12-25)17-18-34-20-30(38)27-13-15-29(37)33-28(27)14-16-31(39)36-33/h3-16,19,30,34-35,37-38H,17-18,20H2,1-2H3,(H,36,39)/t30-/m0/s1. The monoisotopic (exact) mass is 519 g/mol. The van der Waals surface area contributed by atoms with E-state index in [2.05, 4.69) is 96.2 Å². The van der Waals surface area contributed by atoms with Crippen LogP contribution in [0.3, 0.4) is 0 Å². The van der Waals surface area contributed by atoms with E-state index in [0.717, 1.165) is 17.8 Å². The van der Waals surface area contributed by atoms with Crippen molar-refractivity contribution < 1.29 is 10.2 Å². The first-order valence-electron chi connectivity index (χ1n) is 13.2. The fourth-order valence-corrected chi connectivity index (χ4v) is 5.07. The van der Waals surface area contributed by atoms with Gasteiger partial charge in [0.25, 0.3) is 0 Å². The van der Waals surface area contributed by atoms with Gasteiger partial charge in [0.15, 0.2) is 0 Å². The third-order valence-corrected chi connectivity index (χ3v) is 7.07. The Morgan fingerprint density at radius 1 is 0.846 bits per heavy atom. The van der Waals surface area contributed by atoms with Crippen LogP contribution in [0.2, 0.25) is 0 Å². The van der Waals surface area contributed by atoms with E-state index in [1.807, 2.05) is 0 Å². The van der Waals surface area contributed by atoms with Crippen LogP contribution in [-0.4, -0.2) is 28.3 Å². The number of phenols is 1. The fraction of sp³-hybridized carbons (Fsp3) is 0.182. The van der Waals surface area contributed by atoms with Crippen molar-refractivity contribution in [3.63, 3.8) is 0 Å². The molecule has 0 unspecified atom stereocenters. The lowest BCUT2D eigenvalue weighted by molar-refractivity contribution is 0.176. The van der Waals surface area contributed by atoms with Crippen LogP contribution < -0.4 is 16.2 Å². The summed E-state index contributed by atoms with van der Waals surface area (Å²) in [6.07, 6.45) is 0.0448. The molecule has 1 aromatic heterocycles. The van der Waals surface area contributed by atoms with Gasteiger partial charge in [-0.05, 0) is 96.6 Å². The van der Waals surface area contributed by atoms with Crippen molar-refractivity contribution in [1.29, 1.82) is 0 Å². The van der Waals surface area contributed by atoms with Crippen LogP contribution in [0.4, 0.5) is 11.4 Å². The molecule has 0 aliphatic rings. The second kappa shape index (κ2) is 11.6. The molecule has 0 saturated heterocycles. The van der Waals surface area contributed by atoms with Crippen LogP contribution in [0.1, 0.15) is 28.4 Å². The maximum absolute atomic E-state index is 11.6. The van der Waals surface area contributed by atoms with Crippen LogP contribution in [0.25, 0.3) is 22.0 Å². The number of hydrogen-bond donors (Lipinski definition) is 5. The van der Waals surface area contributed by atoms with E-state index in [-0.39, 0.29) is 11.3 Å². The quantitative estimate of drug-likeness (QED) is 0.151. The molecule has 4 aromatic carbocycles. The van der Waals surface area contributed by atoms with E-state index in [1.54, 1.807) is 12.1 Å². The maximum atomic E-state index is 11.6. The minimum absolute atomic E-state index is 0.0151. The summed E-state index contributed by atoms with van der Waals surface area (Å²) >= 11 is 0. The van der Waals surface area contributed by atoms with E-state index in [9.17, 15) is 15.0 Å². The van der Waals surface area contributed by atoms with Gasteiger partial charge in [-0.25, -0.2) is 0 Å². The lowest BCUT2D eigenvalue weighted by Crippen LogP contribution is -2.24. The number of aliphatic hydroxyl groups excluding tert-OH is 1. The summed E-state index contributed by atoms with van der Waals surface area (Å²) in [4.78, 5) is 14.3. The average Bonchev–Trinajstić information content (AvgIpc) is 2.92. The van der Waals surface area contributed by atoms with Crippen molar-refractivity contribution in [2.45, 2.75) is 26.4 Å². The second-order valence-corrected chi connectivity index (χ2v) is 9.92. The molecule has 0 saturated carbocycles. The number of pyridine rings is 1. The number of aromatic nitrogens is 1. The zero-order valence-corrected chi connectivity index (χ0v) is 22.2. The zero-order chi connectivity index (χ0) is 27.4. The number of hydrogen-bond acceptors (Lipinski definition) is 5. The number of rotatable bonds is 9. The number of nitrogens with one attached hydrogen (secondary N) is 3. The van der Waals surface area contributed by atoms with Gasteiger partial charge < -0.3 is 25.8 Å². The lowest BCUT2D eigenvalue weighted by atomic mass is 9.95. The Kier molecular flexibility index (Phi) is 7.77. The molecule has 0 amide bonds. The topological polar surface area (TPSA) is 97.4 Å². The van der Waals surface area contributed by atoms with E-state index in [1.165, 1.54) is 39.9 Å². The molecule has 39 heavy (non-hydrogen) atoms. The molecule has 0 aliphatic carbocycles. The van der Waals surface area contributed by atoms with E-state index in [0.29, 0.717) is 29.6 Å². The number of aliphatic hydroxyl groups is 1. The SMILES string of the molecule is Cc1cccc(C)c1-c1cccc(Nc2ccc(CCNC[C@H](O)c3ccc(O)c4[nH]c(=O)ccc34)cc2)c1. The molecule has 5 aromatic rings. The number of anilines is 2. The van der Waals surface area contributed by atoms with Gasteiger partial charge in [-0.2, -0.15) is 0 Å². The number of aryl methyl sites for hydroxylation is 2. The second-order valence-electron chi connectivity index (χ2n) is 9.92.